The highest BCUT2D eigenvalue weighted by atomic mass is 35.5. The van der Waals surface area contributed by atoms with Gasteiger partial charge < -0.3 is 5.32 Å². The fourth-order valence-electron chi connectivity index (χ4n) is 2.32. The van der Waals surface area contributed by atoms with Crippen molar-refractivity contribution in [2.75, 3.05) is 5.75 Å². The molecule has 1 N–H and O–H groups in total. The van der Waals surface area contributed by atoms with Gasteiger partial charge in [-0.05, 0) is 36.6 Å². The molecule has 2 nitrogen and oxygen atoms in total. The highest BCUT2D eigenvalue weighted by Crippen LogP contribution is 2.24. The number of amides is 1. The summed E-state index contributed by atoms with van der Waals surface area (Å²) < 4.78 is 13.7. The van der Waals surface area contributed by atoms with E-state index in [1.54, 1.807) is 12.1 Å². The molecule has 2 aromatic rings. The number of rotatable bonds is 7. The van der Waals surface area contributed by atoms with E-state index in [0.29, 0.717) is 16.3 Å². The minimum absolute atomic E-state index is 0.0546. The molecule has 0 saturated carbocycles. The van der Waals surface area contributed by atoms with E-state index in [1.807, 2.05) is 19.1 Å². The van der Waals surface area contributed by atoms with Gasteiger partial charge in [0.1, 0.15) is 5.82 Å². The quantitative estimate of drug-likeness (QED) is 0.734. The molecular weight excluding hydrogens is 345 g/mol. The van der Waals surface area contributed by atoms with Crippen LogP contribution in [0, 0.1) is 5.82 Å². The maximum atomic E-state index is 13.7. The van der Waals surface area contributed by atoms with Crippen LogP contribution < -0.4 is 5.32 Å². The van der Waals surface area contributed by atoms with Crippen molar-refractivity contribution in [3.05, 3.63) is 70.0 Å². The molecule has 5 heteroatoms. The van der Waals surface area contributed by atoms with Crippen molar-refractivity contribution in [1.29, 1.82) is 0 Å². The molecule has 2 rings (SSSR count). The normalized spacial score (nSPS) is 12.0. The van der Waals surface area contributed by atoms with E-state index in [0.717, 1.165) is 12.0 Å². The van der Waals surface area contributed by atoms with E-state index in [2.05, 4.69) is 24.4 Å². The van der Waals surface area contributed by atoms with Crippen molar-refractivity contribution >= 4 is 29.3 Å². The monoisotopic (exact) mass is 365 g/mol. The summed E-state index contributed by atoms with van der Waals surface area (Å²) in [5, 5.41) is 3.36. The Bertz CT molecular complexity index is 670. The van der Waals surface area contributed by atoms with Gasteiger partial charge in [-0.25, -0.2) is 4.39 Å². The molecule has 0 spiro atoms. The van der Waals surface area contributed by atoms with Gasteiger partial charge in [0.2, 0.25) is 5.91 Å². The van der Waals surface area contributed by atoms with E-state index < -0.39 is 0 Å². The number of hydrogen-bond donors (Lipinski definition) is 1. The van der Waals surface area contributed by atoms with Crippen LogP contribution in [0.5, 0.6) is 0 Å². The van der Waals surface area contributed by atoms with Crippen LogP contribution in [0.3, 0.4) is 0 Å². The second-order valence-electron chi connectivity index (χ2n) is 5.58. The molecule has 0 bridgehead atoms. The zero-order valence-corrected chi connectivity index (χ0v) is 15.4. The van der Waals surface area contributed by atoms with Gasteiger partial charge in [-0.1, -0.05) is 48.9 Å². The third-order valence-corrected chi connectivity index (χ3v) is 5.12. The first kappa shape index (κ1) is 18.8. The maximum Gasteiger partial charge on any atom is 0.230 e. The molecule has 1 atom stereocenters. The molecule has 0 saturated heterocycles. The second-order valence-corrected chi connectivity index (χ2v) is 6.97. The van der Waals surface area contributed by atoms with Gasteiger partial charge in [-0.3, -0.25) is 4.79 Å². The zero-order chi connectivity index (χ0) is 17.5. The molecule has 0 unspecified atom stereocenters. The first-order chi connectivity index (χ1) is 11.5. The molecule has 1 amide bonds. The molecular formula is C19H21ClFNOS. The summed E-state index contributed by atoms with van der Waals surface area (Å²) in [4.78, 5) is 12.1. The van der Waals surface area contributed by atoms with Gasteiger partial charge in [0.15, 0.2) is 0 Å². The molecule has 0 aromatic heterocycles. The van der Waals surface area contributed by atoms with Gasteiger partial charge >= 0.3 is 0 Å². The van der Waals surface area contributed by atoms with Crippen LogP contribution >= 0.6 is 23.4 Å². The Balaban J connectivity index is 1.82. The average molecular weight is 366 g/mol. The van der Waals surface area contributed by atoms with Crippen LogP contribution in [0.1, 0.15) is 36.6 Å². The molecule has 0 aliphatic carbocycles. The highest BCUT2D eigenvalue weighted by molar-refractivity contribution is 7.99. The predicted octanol–water partition coefficient (Wildman–Crippen LogP) is 5.15. The highest BCUT2D eigenvalue weighted by Gasteiger charge is 2.11. The zero-order valence-electron chi connectivity index (χ0n) is 13.8. The fourth-order valence-corrected chi connectivity index (χ4v) is 3.50. The third kappa shape index (κ3) is 5.25. The van der Waals surface area contributed by atoms with Crippen molar-refractivity contribution in [2.24, 2.45) is 0 Å². The lowest BCUT2D eigenvalue weighted by Gasteiger charge is -2.15. The van der Waals surface area contributed by atoms with Gasteiger partial charge in [0, 0.05) is 16.3 Å². The predicted molar refractivity (Wildman–Crippen MR) is 99.9 cm³/mol. The number of aryl methyl sites for hydroxylation is 1. The standard InChI is InChI=1S/C19H21ClFNOS/c1-3-14-7-9-15(10-8-14)13(2)22-19(23)12-24-11-16-17(20)5-4-6-18(16)21/h4-10,13H,3,11-12H2,1-2H3,(H,22,23)/t13-/m0/s1. The summed E-state index contributed by atoms with van der Waals surface area (Å²) in [7, 11) is 0. The van der Waals surface area contributed by atoms with E-state index in [1.165, 1.54) is 23.4 Å². The first-order valence-electron chi connectivity index (χ1n) is 7.90. The summed E-state index contributed by atoms with van der Waals surface area (Å²) >= 11 is 7.33. The number of carbonyl (C=O) groups is 1. The molecule has 0 heterocycles. The Kier molecular flexibility index (Phi) is 7.13. The molecule has 24 heavy (non-hydrogen) atoms. The summed E-state index contributed by atoms with van der Waals surface area (Å²) in [6.45, 7) is 4.07. The number of benzene rings is 2. The van der Waals surface area contributed by atoms with Crippen molar-refractivity contribution in [3.63, 3.8) is 0 Å². The van der Waals surface area contributed by atoms with Crippen LogP contribution in [-0.4, -0.2) is 11.7 Å². The first-order valence-corrected chi connectivity index (χ1v) is 9.43. The lowest BCUT2D eigenvalue weighted by Crippen LogP contribution is -2.28. The van der Waals surface area contributed by atoms with Crippen LogP contribution in [0.4, 0.5) is 4.39 Å². The number of carbonyl (C=O) groups excluding carboxylic acids is 1. The number of halogens is 2. The minimum Gasteiger partial charge on any atom is -0.349 e. The Labute approximate surface area is 151 Å². The Hall–Kier alpha value is -1.52. The summed E-state index contributed by atoms with van der Waals surface area (Å²) in [6, 6.07) is 12.8. The number of nitrogens with one attached hydrogen (secondary N) is 1. The van der Waals surface area contributed by atoms with Gasteiger partial charge in [0.25, 0.3) is 0 Å². The van der Waals surface area contributed by atoms with Gasteiger partial charge in [0.05, 0.1) is 11.8 Å². The molecule has 0 fully saturated rings. The van der Waals surface area contributed by atoms with E-state index in [4.69, 9.17) is 11.6 Å². The van der Waals surface area contributed by atoms with Crippen LogP contribution in [-0.2, 0) is 17.0 Å². The Morgan fingerprint density at radius 3 is 2.58 bits per heavy atom. The molecule has 0 aliphatic heterocycles. The maximum absolute atomic E-state index is 13.7. The largest absolute Gasteiger partial charge is 0.349 e. The van der Waals surface area contributed by atoms with Crippen LogP contribution in [0.25, 0.3) is 0 Å². The molecule has 0 radical (unpaired) electrons. The third-order valence-electron chi connectivity index (χ3n) is 3.81. The van der Waals surface area contributed by atoms with Crippen molar-refractivity contribution < 1.29 is 9.18 Å². The summed E-state index contributed by atoms with van der Waals surface area (Å²) in [6.07, 6.45) is 0.996. The summed E-state index contributed by atoms with van der Waals surface area (Å²) in [5.74, 6) is 0.236. The van der Waals surface area contributed by atoms with E-state index >= 15 is 0 Å². The Morgan fingerprint density at radius 1 is 1.25 bits per heavy atom. The number of thioether (sulfide) groups is 1. The second kappa shape index (κ2) is 9.09. The SMILES string of the molecule is CCc1ccc([C@H](C)NC(=O)CSCc2c(F)cccc2Cl)cc1. The minimum atomic E-state index is -0.334. The van der Waals surface area contributed by atoms with E-state index in [9.17, 15) is 9.18 Å². The van der Waals surface area contributed by atoms with Crippen LogP contribution in [0.15, 0.2) is 42.5 Å². The molecule has 128 valence electrons. The van der Waals surface area contributed by atoms with E-state index in [-0.39, 0.29) is 23.5 Å². The smallest absolute Gasteiger partial charge is 0.230 e. The molecule has 2 aromatic carbocycles. The van der Waals surface area contributed by atoms with Gasteiger partial charge in [-0.2, -0.15) is 0 Å². The van der Waals surface area contributed by atoms with Crippen LogP contribution in [0.2, 0.25) is 5.02 Å². The summed E-state index contributed by atoms with van der Waals surface area (Å²) in [5.41, 5.74) is 2.79. The lowest BCUT2D eigenvalue weighted by molar-refractivity contribution is -0.119. The lowest BCUT2D eigenvalue weighted by atomic mass is 10.1. The van der Waals surface area contributed by atoms with Gasteiger partial charge in [-0.15, -0.1) is 11.8 Å². The fraction of sp³-hybridized carbons (Fsp3) is 0.316. The molecule has 0 aliphatic rings. The van der Waals surface area contributed by atoms with Crippen molar-refractivity contribution in [2.45, 2.75) is 32.1 Å². The average Bonchev–Trinajstić information content (AvgIpc) is 2.57. The van der Waals surface area contributed by atoms with Crippen molar-refractivity contribution in [1.82, 2.24) is 5.32 Å². The number of hydrogen-bond acceptors (Lipinski definition) is 2. The Morgan fingerprint density at radius 2 is 1.96 bits per heavy atom. The topological polar surface area (TPSA) is 29.1 Å². The van der Waals surface area contributed by atoms with Crippen molar-refractivity contribution in [3.8, 4) is 0 Å².